The van der Waals surface area contributed by atoms with Crippen LogP contribution in [0.25, 0.3) is 0 Å². The van der Waals surface area contributed by atoms with Crippen LogP contribution in [0.2, 0.25) is 5.15 Å². The molecule has 1 atom stereocenters. The van der Waals surface area contributed by atoms with Crippen molar-refractivity contribution >= 4 is 23.3 Å². The molecule has 0 spiro atoms. The first kappa shape index (κ1) is 16.3. The maximum Gasteiger partial charge on any atom is 0.253 e. The molecule has 0 aliphatic carbocycles. The molecule has 0 saturated carbocycles. The highest BCUT2D eigenvalue weighted by molar-refractivity contribution is 6.29. The molecule has 1 amide bonds. The van der Waals surface area contributed by atoms with Crippen LogP contribution in [0.3, 0.4) is 0 Å². The zero-order chi connectivity index (χ0) is 15.1. The topological polar surface area (TPSA) is 69.0 Å². The smallest absolute Gasteiger partial charge is 0.253 e. The van der Waals surface area contributed by atoms with Crippen molar-refractivity contribution in [3.63, 3.8) is 0 Å². The van der Waals surface area contributed by atoms with Gasteiger partial charge in [0.25, 0.3) is 5.91 Å². The lowest BCUT2D eigenvalue weighted by molar-refractivity contribution is 0.0785. The van der Waals surface area contributed by atoms with Crippen LogP contribution in [0.5, 0.6) is 0 Å². The van der Waals surface area contributed by atoms with Gasteiger partial charge in [0, 0.05) is 25.7 Å². The molecule has 5 nitrogen and oxygen atoms in total. The van der Waals surface area contributed by atoms with E-state index in [4.69, 9.17) is 16.9 Å². The Hall–Kier alpha value is -1.80. The van der Waals surface area contributed by atoms with E-state index in [1.54, 1.807) is 20.0 Å². The second kappa shape index (κ2) is 7.71. The number of rotatable bonds is 6. The van der Waals surface area contributed by atoms with Gasteiger partial charge in [0.05, 0.1) is 12.0 Å². The van der Waals surface area contributed by atoms with Gasteiger partial charge in [0.15, 0.2) is 0 Å². The summed E-state index contributed by atoms with van der Waals surface area (Å²) in [6.07, 6.45) is 0.955. The highest BCUT2D eigenvalue weighted by Gasteiger charge is 2.16. The predicted octanol–water partition coefficient (Wildman–Crippen LogP) is 2.79. The molecule has 108 valence electrons. The Labute approximate surface area is 124 Å². The normalized spacial score (nSPS) is 11.6. The highest BCUT2D eigenvalue weighted by Crippen LogP contribution is 2.16. The SMILES string of the molecule is CCCNc1cc(C(=O)N(C)CC(C)C#N)cc(Cl)n1. The summed E-state index contributed by atoms with van der Waals surface area (Å²) in [5.41, 5.74) is 0.469. The van der Waals surface area contributed by atoms with Crippen molar-refractivity contribution in [2.24, 2.45) is 5.92 Å². The fourth-order valence-corrected chi connectivity index (χ4v) is 1.93. The molecular formula is C14H19ClN4O. The van der Waals surface area contributed by atoms with E-state index in [1.807, 2.05) is 6.92 Å². The number of carbonyl (C=O) groups is 1. The second-order valence-electron chi connectivity index (χ2n) is 4.71. The van der Waals surface area contributed by atoms with Crippen molar-refractivity contribution in [2.45, 2.75) is 20.3 Å². The molecule has 0 bridgehead atoms. The lowest BCUT2D eigenvalue weighted by atomic mass is 10.1. The Morgan fingerprint density at radius 3 is 2.90 bits per heavy atom. The zero-order valence-corrected chi connectivity index (χ0v) is 12.7. The molecule has 1 aromatic rings. The van der Waals surface area contributed by atoms with Crippen LogP contribution in [-0.2, 0) is 0 Å². The third-order valence-electron chi connectivity index (χ3n) is 2.71. The van der Waals surface area contributed by atoms with Crippen molar-refractivity contribution < 1.29 is 4.79 Å². The fourth-order valence-electron chi connectivity index (χ4n) is 1.72. The van der Waals surface area contributed by atoms with Crippen LogP contribution in [0, 0.1) is 17.2 Å². The van der Waals surface area contributed by atoms with Gasteiger partial charge >= 0.3 is 0 Å². The monoisotopic (exact) mass is 294 g/mol. The Morgan fingerprint density at radius 2 is 2.30 bits per heavy atom. The van der Waals surface area contributed by atoms with Crippen LogP contribution >= 0.6 is 11.6 Å². The van der Waals surface area contributed by atoms with E-state index in [9.17, 15) is 4.79 Å². The predicted molar refractivity (Wildman–Crippen MR) is 79.8 cm³/mol. The van der Waals surface area contributed by atoms with Crippen LogP contribution in [-0.4, -0.2) is 35.9 Å². The number of aromatic nitrogens is 1. The van der Waals surface area contributed by atoms with Crippen molar-refractivity contribution in [1.29, 1.82) is 5.26 Å². The standard InChI is InChI=1S/C14H19ClN4O/c1-4-5-17-13-7-11(6-12(15)18-13)14(20)19(3)9-10(2)8-16/h6-7,10H,4-5,9H2,1-3H3,(H,17,18). The molecule has 1 rings (SSSR count). The Balaban J connectivity index is 2.87. The average Bonchev–Trinajstić information content (AvgIpc) is 2.43. The van der Waals surface area contributed by atoms with Gasteiger partial charge in [-0.15, -0.1) is 0 Å². The van der Waals surface area contributed by atoms with Gasteiger partial charge in [-0.25, -0.2) is 4.98 Å². The number of hydrogen-bond donors (Lipinski definition) is 1. The number of carbonyl (C=O) groups excluding carboxylic acids is 1. The van der Waals surface area contributed by atoms with Crippen molar-refractivity contribution in [1.82, 2.24) is 9.88 Å². The molecule has 0 aromatic carbocycles. The molecule has 0 aliphatic heterocycles. The summed E-state index contributed by atoms with van der Waals surface area (Å²) in [5, 5.41) is 12.2. The van der Waals surface area contributed by atoms with Crippen LogP contribution in [0.1, 0.15) is 30.6 Å². The molecule has 0 fully saturated rings. The first-order valence-electron chi connectivity index (χ1n) is 6.54. The summed E-state index contributed by atoms with van der Waals surface area (Å²) in [6.45, 7) is 4.97. The van der Waals surface area contributed by atoms with Crippen LogP contribution in [0.4, 0.5) is 5.82 Å². The maximum atomic E-state index is 12.3. The first-order valence-corrected chi connectivity index (χ1v) is 6.92. The largest absolute Gasteiger partial charge is 0.370 e. The number of halogens is 1. The fraction of sp³-hybridized carbons (Fsp3) is 0.500. The second-order valence-corrected chi connectivity index (χ2v) is 5.09. The van der Waals surface area contributed by atoms with E-state index in [1.165, 1.54) is 11.0 Å². The lowest BCUT2D eigenvalue weighted by Crippen LogP contribution is -2.30. The molecule has 6 heteroatoms. The minimum Gasteiger partial charge on any atom is -0.370 e. The summed E-state index contributed by atoms with van der Waals surface area (Å²) >= 11 is 5.94. The summed E-state index contributed by atoms with van der Waals surface area (Å²) in [7, 11) is 1.67. The highest BCUT2D eigenvalue weighted by atomic mass is 35.5. The number of nitrogens with one attached hydrogen (secondary N) is 1. The molecular weight excluding hydrogens is 276 g/mol. The minimum absolute atomic E-state index is 0.170. The van der Waals surface area contributed by atoms with Crippen molar-refractivity contribution in [3.05, 3.63) is 22.8 Å². The molecule has 1 aromatic heterocycles. The number of nitrogens with zero attached hydrogens (tertiary/aromatic N) is 3. The van der Waals surface area contributed by atoms with Gasteiger partial charge in [-0.1, -0.05) is 18.5 Å². The molecule has 1 heterocycles. The van der Waals surface area contributed by atoms with Gasteiger partial charge in [0.2, 0.25) is 0 Å². The number of anilines is 1. The van der Waals surface area contributed by atoms with Gasteiger partial charge < -0.3 is 10.2 Å². The zero-order valence-electron chi connectivity index (χ0n) is 12.0. The first-order chi connectivity index (χ1) is 9.47. The van der Waals surface area contributed by atoms with E-state index >= 15 is 0 Å². The summed E-state index contributed by atoms with van der Waals surface area (Å²) < 4.78 is 0. The molecule has 1 N–H and O–H groups in total. The Kier molecular flexibility index (Phi) is 6.26. The van der Waals surface area contributed by atoms with Gasteiger partial charge in [-0.2, -0.15) is 5.26 Å². The van der Waals surface area contributed by atoms with E-state index in [2.05, 4.69) is 16.4 Å². The van der Waals surface area contributed by atoms with E-state index in [-0.39, 0.29) is 17.0 Å². The molecule has 0 aliphatic rings. The summed E-state index contributed by atoms with van der Waals surface area (Å²) in [5.74, 6) is 0.208. The Morgan fingerprint density at radius 1 is 1.60 bits per heavy atom. The third kappa shape index (κ3) is 4.71. The number of amides is 1. The van der Waals surface area contributed by atoms with E-state index < -0.39 is 0 Å². The van der Waals surface area contributed by atoms with Crippen molar-refractivity contribution in [2.75, 3.05) is 25.5 Å². The minimum atomic E-state index is -0.209. The number of hydrogen-bond acceptors (Lipinski definition) is 4. The molecule has 1 unspecified atom stereocenters. The van der Waals surface area contributed by atoms with Crippen molar-refractivity contribution in [3.8, 4) is 6.07 Å². The molecule has 0 saturated heterocycles. The number of pyridine rings is 1. The molecule has 20 heavy (non-hydrogen) atoms. The summed E-state index contributed by atoms with van der Waals surface area (Å²) in [4.78, 5) is 17.9. The van der Waals surface area contributed by atoms with Gasteiger partial charge in [-0.3, -0.25) is 4.79 Å². The summed E-state index contributed by atoms with van der Waals surface area (Å²) in [6, 6.07) is 5.32. The third-order valence-corrected chi connectivity index (χ3v) is 2.91. The van der Waals surface area contributed by atoms with Gasteiger partial charge in [0.1, 0.15) is 11.0 Å². The Bertz CT molecular complexity index is 512. The lowest BCUT2D eigenvalue weighted by Gasteiger charge is -2.18. The van der Waals surface area contributed by atoms with E-state index in [0.717, 1.165) is 13.0 Å². The quantitative estimate of drug-likeness (QED) is 0.819. The number of nitriles is 1. The maximum absolute atomic E-state index is 12.3. The molecule has 0 radical (unpaired) electrons. The average molecular weight is 295 g/mol. The van der Waals surface area contributed by atoms with Gasteiger partial charge in [-0.05, 0) is 25.5 Å². The van der Waals surface area contributed by atoms with Crippen LogP contribution < -0.4 is 5.32 Å². The van der Waals surface area contributed by atoms with Crippen LogP contribution in [0.15, 0.2) is 12.1 Å². The van der Waals surface area contributed by atoms with E-state index in [0.29, 0.717) is 17.9 Å².